The number of β-amino-alcohol motifs (C(OH)–C–C–N with tert-alkyl or cyclic N) is 1. The number of benzene rings is 2. The van der Waals surface area contributed by atoms with E-state index in [-0.39, 0.29) is 11.8 Å². The second-order valence-corrected chi connectivity index (χ2v) is 7.28. The van der Waals surface area contributed by atoms with Crippen molar-refractivity contribution in [2.45, 2.75) is 12.5 Å². The zero-order chi connectivity index (χ0) is 20.2. The molecular weight excluding hydrogens is 372 g/mol. The van der Waals surface area contributed by atoms with Gasteiger partial charge in [0.05, 0.1) is 19.3 Å². The highest BCUT2D eigenvalue weighted by Crippen LogP contribution is 2.25. The number of nitrogens with zero attached hydrogens (tertiary/aromatic N) is 1. The standard InChI is InChI=1S/C22H24N2O5/c25-19-13-24(14-19)22(27)17-4-5-20-18(12-17)11-15-2-1-3-16(10-15)21(26)23-6-7-28-8-9-29-20/h1-5,10,12,19,25H,6-9,11,13-14H2,(H,23,26). The van der Waals surface area contributed by atoms with Crippen LogP contribution in [0.2, 0.25) is 0 Å². The summed E-state index contributed by atoms with van der Waals surface area (Å²) in [7, 11) is 0. The lowest BCUT2D eigenvalue weighted by molar-refractivity contribution is 0.00588. The first-order valence-electron chi connectivity index (χ1n) is 9.78. The highest BCUT2D eigenvalue weighted by molar-refractivity contribution is 5.95. The average Bonchev–Trinajstić information content (AvgIpc) is 2.70. The molecule has 2 N–H and O–H groups in total. The van der Waals surface area contributed by atoms with Crippen LogP contribution in [0.15, 0.2) is 42.5 Å². The summed E-state index contributed by atoms with van der Waals surface area (Å²) in [5.74, 6) is 0.457. The van der Waals surface area contributed by atoms with E-state index in [2.05, 4.69) is 5.32 Å². The molecule has 1 fully saturated rings. The number of aliphatic hydroxyl groups excluding tert-OH is 1. The Labute approximate surface area is 169 Å². The SMILES string of the molecule is O=C1NCCOCCOc2ccc(C(=O)N3CC(O)C3)cc2Cc2cccc1c2. The van der Waals surface area contributed by atoms with Crippen LogP contribution in [-0.4, -0.2) is 67.4 Å². The molecule has 2 aromatic carbocycles. The van der Waals surface area contributed by atoms with Gasteiger partial charge in [0.15, 0.2) is 0 Å². The molecule has 2 bridgehead atoms. The molecule has 4 rings (SSSR count). The Kier molecular flexibility index (Phi) is 5.78. The van der Waals surface area contributed by atoms with E-state index < -0.39 is 6.10 Å². The minimum atomic E-state index is -0.437. The molecule has 0 atom stereocenters. The van der Waals surface area contributed by atoms with Gasteiger partial charge in [-0.3, -0.25) is 9.59 Å². The maximum Gasteiger partial charge on any atom is 0.254 e. The van der Waals surface area contributed by atoms with Gasteiger partial charge in [-0.1, -0.05) is 12.1 Å². The topological polar surface area (TPSA) is 88.1 Å². The molecule has 2 aliphatic heterocycles. The van der Waals surface area contributed by atoms with Gasteiger partial charge in [0, 0.05) is 37.2 Å². The number of nitrogens with one attached hydrogen (secondary N) is 1. The monoisotopic (exact) mass is 396 g/mol. The molecule has 0 unspecified atom stereocenters. The maximum absolute atomic E-state index is 12.6. The molecule has 2 heterocycles. The molecule has 7 heteroatoms. The van der Waals surface area contributed by atoms with Crippen LogP contribution < -0.4 is 10.1 Å². The van der Waals surface area contributed by atoms with Crippen molar-refractivity contribution in [1.82, 2.24) is 10.2 Å². The third-order valence-electron chi connectivity index (χ3n) is 5.06. The van der Waals surface area contributed by atoms with Crippen LogP contribution in [-0.2, 0) is 11.2 Å². The highest BCUT2D eigenvalue weighted by Gasteiger charge is 2.29. The first-order chi connectivity index (χ1) is 14.1. The molecule has 29 heavy (non-hydrogen) atoms. The minimum Gasteiger partial charge on any atom is -0.491 e. The van der Waals surface area contributed by atoms with Gasteiger partial charge < -0.3 is 24.8 Å². The minimum absolute atomic E-state index is 0.103. The number of aliphatic hydroxyl groups is 1. The fraction of sp³-hybridized carbons (Fsp3) is 0.364. The van der Waals surface area contributed by atoms with E-state index in [1.54, 1.807) is 23.1 Å². The Hall–Kier alpha value is -2.90. The lowest BCUT2D eigenvalue weighted by Gasteiger charge is -2.36. The molecule has 0 radical (unpaired) electrons. The number of likely N-dealkylation sites (tertiary alicyclic amines) is 1. The third kappa shape index (κ3) is 4.58. The van der Waals surface area contributed by atoms with Crippen LogP contribution in [0.25, 0.3) is 0 Å². The molecule has 2 aromatic rings. The van der Waals surface area contributed by atoms with Crippen LogP contribution in [0, 0.1) is 0 Å². The fourth-order valence-corrected chi connectivity index (χ4v) is 3.49. The summed E-state index contributed by atoms with van der Waals surface area (Å²) < 4.78 is 11.4. The number of fused-ring (bicyclic) bond motifs is 3. The molecule has 1 saturated heterocycles. The number of carbonyl (C=O) groups excluding carboxylic acids is 2. The van der Waals surface area contributed by atoms with Gasteiger partial charge in [-0.25, -0.2) is 0 Å². The van der Waals surface area contributed by atoms with Crippen molar-refractivity contribution < 1.29 is 24.2 Å². The second-order valence-electron chi connectivity index (χ2n) is 7.28. The summed E-state index contributed by atoms with van der Waals surface area (Å²) in [5, 5.41) is 12.3. The van der Waals surface area contributed by atoms with Crippen molar-refractivity contribution >= 4 is 11.8 Å². The van der Waals surface area contributed by atoms with Crippen molar-refractivity contribution in [2.24, 2.45) is 0 Å². The lowest BCUT2D eigenvalue weighted by Crippen LogP contribution is -2.53. The molecule has 0 spiro atoms. The van der Waals surface area contributed by atoms with Gasteiger partial charge in [0.2, 0.25) is 0 Å². The average molecular weight is 396 g/mol. The molecule has 2 amide bonds. The number of hydrogen-bond acceptors (Lipinski definition) is 5. The maximum atomic E-state index is 12.6. The van der Waals surface area contributed by atoms with Gasteiger partial charge >= 0.3 is 0 Å². The first-order valence-corrected chi connectivity index (χ1v) is 9.78. The van der Waals surface area contributed by atoms with Crippen molar-refractivity contribution in [3.8, 4) is 5.75 Å². The first kappa shape index (κ1) is 19.4. The number of rotatable bonds is 1. The fourth-order valence-electron chi connectivity index (χ4n) is 3.49. The summed E-state index contributed by atoms with van der Waals surface area (Å²) in [6, 6.07) is 12.8. The summed E-state index contributed by atoms with van der Waals surface area (Å²) in [6.45, 7) is 2.37. The normalized spacial score (nSPS) is 18.0. The summed E-state index contributed by atoms with van der Waals surface area (Å²) in [5.41, 5.74) is 2.97. The Balaban J connectivity index is 1.63. The summed E-state index contributed by atoms with van der Waals surface area (Å²) in [4.78, 5) is 26.6. The van der Waals surface area contributed by atoms with Gasteiger partial charge in [-0.05, 0) is 41.5 Å². The van der Waals surface area contributed by atoms with Gasteiger partial charge in [0.1, 0.15) is 12.4 Å². The highest BCUT2D eigenvalue weighted by atomic mass is 16.5. The Morgan fingerprint density at radius 1 is 1.10 bits per heavy atom. The Morgan fingerprint density at radius 3 is 2.79 bits per heavy atom. The van der Waals surface area contributed by atoms with Gasteiger partial charge in [-0.15, -0.1) is 0 Å². The zero-order valence-electron chi connectivity index (χ0n) is 16.1. The quantitative estimate of drug-likeness (QED) is 0.757. The van der Waals surface area contributed by atoms with E-state index in [9.17, 15) is 14.7 Å². The van der Waals surface area contributed by atoms with Crippen molar-refractivity contribution in [3.63, 3.8) is 0 Å². The van der Waals surface area contributed by atoms with Crippen LogP contribution in [0.1, 0.15) is 31.8 Å². The number of ether oxygens (including phenoxy) is 2. The van der Waals surface area contributed by atoms with Crippen molar-refractivity contribution in [3.05, 3.63) is 64.7 Å². The van der Waals surface area contributed by atoms with Crippen LogP contribution in [0.3, 0.4) is 0 Å². The Bertz CT molecular complexity index is 908. The Morgan fingerprint density at radius 2 is 1.97 bits per heavy atom. The van der Waals surface area contributed by atoms with Crippen LogP contribution in [0.5, 0.6) is 5.75 Å². The second kappa shape index (κ2) is 8.63. The van der Waals surface area contributed by atoms with E-state index in [0.717, 1.165) is 11.1 Å². The van der Waals surface area contributed by atoms with Crippen LogP contribution in [0.4, 0.5) is 0 Å². The molecule has 0 aliphatic carbocycles. The zero-order valence-corrected chi connectivity index (χ0v) is 16.1. The van der Waals surface area contributed by atoms with E-state index >= 15 is 0 Å². The summed E-state index contributed by atoms with van der Waals surface area (Å²) >= 11 is 0. The molecule has 7 nitrogen and oxygen atoms in total. The van der Waals surface area contributed by atoms with Crippen molar-refractivity contribution in [2.75, 3.05) is 39.5 Å². The molecule has 152 valence electrons. The van der Waals surface area contributed by atoms with Gasteiger partial charge in [-0.2, -0.15) is 0 Å². The van der Waals surface area contributed by atoms with E-state index in [1.807, 2.05) is 24.3 Å². The van der Waals surface area contributed by atoms with Gasteiger partial charge in [0.25, 0.3) is 11.8 Å². The number of amides is 2. The van der Waals surface area contributed by atoms with Crippen LogP contribution >= 0.6 is 0 Å². The molecule has 0 aromatic heterocycles. The molecule has 2 aliphatic rings. The number of hydrogen-bond donors (Lipinski definition) is 2. The molecule has 0 saturated carbocycles. The van der Waals surface area contributed by atoms with E-state index in [4.69, 9.17) is 9.47 Å². The smallest absolute Gasteiger partial charge is 0.254 e. The van der Waals surface area contributed by atoms with Crippen molar-refractivity contribution in [1.29, 1.82) is 0 Å². The van der Waals surface area contributed by atoms with E-state index in [1.165, 1.54) is 0 Å². The molecular formula is C22H24N2O5. The predicted octanol–water partition coefficient (Wildman–Crippen LogP) is 1.23. The van der Waals surface area contributed by atoms with E-state index in [0.29, 0.717) is 62.8 Å². The number of carbonyl (C=O) groups is 2. The largest absolute Gasteiger partial charge is 0.491 e. The lowest BCUT2D eigenvalue weighted by atomic mass is 9.99. The third-order valence-corrected chi connectivity index (χ3v) is 5.06. The predicted molar refractivity (Wildman–Crippen MR) is 106 cm³/mol. The summed E-state index contributed by atoms with van der Waals surface area (Å²) in [6.07, 6.45) is 0.0922.